The molecule has 0 spiro atoms. The summed E-state index contributed by atoms with van der Waals surface area (Å²) in [4.78, 5) is 29.2. The zero-order valence-electron chi connectivity index (χ0n) is 16.5. The van der Waals surface area contributed by atoms with E-state index < -0.39 is 0 Å². The summed E-state index contributed by atoms with van der Waals surface area (Å²) in [6, 6.07) is 11.5. The van der Waals surface area contributed by atoms with Gasteiger partial charge in [-0.05, 0) is 53.9 Å². The minimum atomic E-state index is -0.312. The van der Waals surface area contributed by atoms with Gasteiger partial charge >= 0.3 is 0 Å². The third-order valence-electron chi connectivity index (χ3n) is 5.64. The van der Waals surface area contributed by atoms with Crippen molar-refractivity contribution in [2.24, 2.45) is 5.92 Å². The number of ether oxygens (including phenoxy) is 2. The minimum Gasteiger partial charge on any atom is -0.493 e. The highest BCUT2D eigenvalue weighted by atomic mass is 79.9. The van der Waals surface area contributed by atoms with Gasteiger partial charge in [0.2, 0.25) is 11.8 Å². The molecule has 7 heteroatoms. The minimum absolute atomic E-state index is 0.00510. The van der Waals surface area contributed by atoms with Gasteiger partial charge in [-0.2, -0.15) is 0 Å². The summed E-state index contributed by atoms with van der Waals surface area (Å²) < 4.78 is 11.7. The summed E-state index contributed by atoms with van der Waals surface area (Å²) in [5, 5.41) is 0. The smallest absolute Gasteiger partial charge is 0.228 e. The van der Waals surface area contributed by atoms with Crippen molar-refractivity contribution in [3.63, 3.8) is 0 Å². The number of nitrogens with zero attached hydrogens (tertiary/aromatic N) is 2. The van der Waals surface area contributed by atoms with Gasteiger partial charge in [-0.1, -0.05) is 15.9 Å². The van der Waals surface area contributed by atoms with E-state index in [-0.39, 0.29) is 24.2 Å². The molecule has 6 nitrogen and oxygen atoms in total. The van der Waals surface area contributed by atoms with E-state index in [9.17, 15) is 9.59 Å². The first-order chi connectivity index (χ1) is 14.0. The zero-order valence-corrected chi connectivity index (χ0v) is 18.1. The SMILES string of the molecule is COc1cc2c(cc1OC)CN(C(=O)C1CC(=O)N(c3ccc(Br)cc3)C1)CC2. The monoisotopic (exact) mass is 458 g/mol. The first kappa shape index (κ1) is 19.8. The van der Waals surface area contributed by atoms with Crippen molar-refractivity contribution in [1.82, 2.24) is 4.90 Å². The third-order valence-corrected chi connectivity index (χ3v) is 6.17. The Hall–Kier alpha value is -2.54. The van der Waals surface area contributed by atoms with Crippen LogP contribution in [0.4, 0.5) is 5.69 Å². The van der Waals surface area contributed by atoms with Gasteiger partial charge in [0.15, 0.2) is 11.5 Å². The van der Waals surface area contributed by atoms with E-state index in [1.54, 1.807) is 19.1 Å². The highest BCUT2D eigenvalue weighted by molar-refractivity contribution is 9.10. The molecule has 29 heavy (non-hydrogen) atoms. The average Bonchev–Trinajstić information content (AvgIpc) is 3.13. The first-order valence-corrected chi connectivity index (χ1v) is 10.4. The highest BCUT2D eigenvalue weighted by Crippen LogP contribution is 2.34. The maximum Gasteiger partial charge on any atom is 0.228 e. The normalized spacial score (nSPS) is 18.6. The van der Waals surface area contributed by atoms with Crippen molar-refractivity contribution in [3.05, 3.63) is 52.0 Å². The number of anilines is 1. The molecule has 152 valence electrons. The Morgan fingerprint density at radius 1 is 1.07 bits per heavy atom. The number of carbonyl (C=O) groups excluding carboxylic acids is 2. The lowest BCUT2D eigenvalue weighted by Crippen LogP contribution is -2.40. The molecule has 2 aromatic rings. The number of carbonyl (C=O) groups is 2. The number of methoxy groups -OCH3 is 2. The Kier molecular flexibility index (Phi) is 5.50. The molecule has 0 radical (unpaired) electrons. The number of amides is 2. The van der Waals surface area contributed by atoms with E-state index in [1.807, 2.05) is 41.3 Å². The van der Waals surface area contributed by atoms with E-state index in [0.717, 1.165) is 22.1 Å². The van der Waals surface area contributed by atoms with Crippen molar-refractivity contribution in [1.29, 1.82) is 0 Å². The lowest BCUT2D eigenvalue weighted by Gasteiger charge is -2.31. The topological polar surface area (TPSA) is 59.1 Å². The third kappa shape index (κ3) is 3.83. The molecule has 0 bridgehead atoms. The molecule has 1 atom stereocenters. The van der Waals surface area contributed by atoms with Crippen LogP contribution in [0.1, 0.15) is 17.5 Å². The average molecular weight is 459 g/mol. The Labute approximate surface area is 178 Å². The van der Waals surface area contributed by atoms with E-state index in [2.05, 4.69) is 15.9 Å². The molecule has 1 saturated heterocycles. The number of benzene rings is 2. The van der Waals surface area contributed by atoms with Crippen LogP contribution in [0.25, 0.3) is 0 Å². The second kappa shape index (κ2) is 8.06. The van der Waals surface area contributed by atoms with Crippen LogP contribution < -0.4 is 14.4 Å². The van der Waals surface area contributed by atoms with Gasteiger partial charge in [-0.25, -0.2) is 0 Å². The number of hydrogen-bond acceptors (Lipinski definition) is 4. The second-order valence-electron chi connectivity index (χ2n) is 7.37. The fourth-order valence-corrected chi connectivity index (χ4v) is 4.34. The lowest BCUT2D eigenvalue weighted by atomic mass is 9.97. The molecule has 0 aliphatic carbocycles. The van der Waals surface area contributed by atoms with Gasteiger partial charge in [0.05, 0.1) is 20.1 Å². The van der Waals surface area contributed by atoms with Crippen molar-refractivity contribution in [3.8, 4) is 11.5 Å². The summed E-state index contributed by atoms with van der Waals surface area (Å²) in [7, 11) is 3.23. The van der Waals surface area contributed by atoms with Gasteiger partial charge in [0, 0.05) is 36.2 Å². The summed E-state index contributed by atoms with van der Waals surface area (Å²) in [6.45, 7) is 1.59. The number of halogens is 1. The van der Waals surface area contributed by atoms with Crippen molar-refractivity contribution in [2.45, 2.75) is 19.4 Å². The lowest BCUT2D eigenvalue weighted by molar-refractivity contribution is -0.136. The molecule has 0 saturated carbocycles. The molecule has 1 fully saturated rings. The highest BCUT2D eigenvalue weighted by Gasteiger charge is 2.38. The van der Waals surface area contributed by atoms with E-state index in [0.29, 0.717) is 31.1 Å². The largest absolute Gasteiger partial charge is 0.493 e. The van der Waals surface area contributed by atoms with Crippen LogP contribution in [-0.4, -0.2) is 44.0 Å². The summed E-state index contributed by atoms with van der Waals surface area (Å²) in [6.07, 6.45) is 1.02. The van der Waals surface area contributed by atoms with Gasteiger partial charge in [0.1, 0.15) is 0 Å². The van der Waals surface area contributed by atoms with Gasteiger partial charge in [-0.3, -0.25) is 9.59 Å². The predicted octanol–water partition coefficient (Wildman–Crippen LogP) is 3.40. The molecule has 1 unspecified atom stereocenters. The quantitative estimate of drug-likeness (QED) is 0.704. The summed E-state index contributed by atoms with van der Waals surface area (Å²) in [5.41, 5.74) is 3.07. The van der Waals surface area contributed by atoms with Crippen LogP contribution in [0.5, 0.6) is 11.5 Å². The fraction of sp³-hybridized carbons (Fsp3) is 0.364. The molecular weight excluding hydrogens is 436 g/mol. The molecule has 2 heterocycles. The molecule has 2 amide bonds. The van der Waals surface area contributed by atoms with Crippen molar-refractivity contribution >= 4 is 33.4 Å². The van der Waals surface area contributed by atoms with Crippen LogP contribution in [0.15, 0.2) is 40.9 Å². The van der Waals surface area contributed by atoms with E-state index in [1.165, 1.54) is 5.56 Å². The molecule has 0 N–H and O–H groups in total. The molecule has 2 aliphatic heterocycles. The zero-order chi connectivity index (χ0) is 20.5. The van der Waals surface area contributed by atoms with Crippen LogP contribution in [-0.2, 0) is 22.6 Å². The van der Waals surface area contributed by atoms with Crippen molar-refractivity contribution in [2.75, 3.05) is 32.2 Å². The Morgan fingerprint density at radius 3 is 2.38 bits per heavy atom. The fourth-order valence-electron chi connectivity index (χ4n) is 4.07. The molecule has 2 aliphatic rings. The Bertz CT molecular complexity index is 945. The molecular formula is C22H23BrN2O4. The molecule has 0 aromatic heterocycles. The van der Waals surface area contributed by atoms with Crippen LogP contribution >= 0.6 is 15.9 Å². The standard InChI is InChI=1S/C22H23BrN2O4/c1-28-19-9-14-7-8-24(12-15(14)10-20(19)29-2)22(27)16-11-21(26)25(13-16)18-5-3-17(23)4-6-18/h3-6,9-10,16H,7-8,11-13H2,1-2H3. The number of hydrogen-bond donors (Lipinski definition) is 0. The number of rotatable bonds is 4. The summed E-state index contributed by atoms with van der Waals surface area (Å²) >= 11 is 3.41. The van der Waals surface area contributed by atoms with Crippen LogP contribution in [0.2, 0.25) is 0 Å². The summed E-state index contributed by atoms with van der Waals surface area (Å²) in [5.74, 6) is 1.09. The Morgan fingerprint density at radius 2 is 1.72 bits per heavy atom. The van der Waals surface area contributed by atoms with Crippen LogP contribution in [0, 0.1) is 5.92 Å². The molecule has 4 rings (SSSR count). The maximum atomic E-state index is 13.1. The van der Waals surface area contributed by atoms with Crippen molar-refractivity contribution < 1.29 is 19.1 Å². The van der Waals surface area contributed by atoms with Gasteiger partial charge < -0.3 is 19.3 Å². The van der Waals surface area contributed by atoms with E-state index in [4.69, 9.17) is 9.47 Å². The second-order valence-corrected chi connectivity index (χ2v) is 8.28. The molecule has 2 aromatic carbocycles. The first-order valence-electron chi connectivity index (χ1n) is 9.58. The van der Waals surface area contributed by atoms with Gasteiger partial charge in [-0.15, -0.1) is 0 Å². The Balaban J connectivity index is 1.48. The van der Waals surface area contributed by atoms with E-state index >= 15 is 0 Å². The predicted molar refractivity (Wildman–Crippen MR) is 113 cm³/mol. The van der Waals surface area contributed by atoms with Gasteiger partial charge in [0.25, 0.3) is 0 Å². The maximum absolute atomic E-state index is 13.1. The van der Waals surface area contributed by atoms with Crippen LogP contribution in [0.3, 0.4) is 0 Å². The number of fused-ring (bicyclic) bond motifs is 1.